The highest BCUT2D eigenvalue weighted by Crippen LogP contribution is 2.40. The number of fused-ring (bicyclic) bond motifs is 3. The summed E-state index contributed by atoms with van der Waals surface area (Å²) in [5, 5.41) is 15.7. The highest BCUT2D eigenvalue weighted by atomic mass is 32.2. The lowest BCUT2D eigenvalue weighted by Gasteiger charge is -2.23. The molecule has 0 aliphatic carbocycles. The van der Waals surface area contributed by atoms with Crippen molar-refractivity contribution in [3.63, 3.8) is 0 Å². The van der Waals surface area contributed by atoms with Crippen LogP contribution in [0, 0.1) is 6.92 Å². The number of hydrogen-bond acceptors (Lipinski definition) is 5. The lowest BCUT2D eigenvalue weighted by atomic mass is 10.1. The Hall–Kier alpha value is -3.65. The highest BCUT2D eigenvalue weighted by molar-refractivity contribution is 7.92. The van der Waals surface area contributed by atoms with Gasteiger partial charge in [0.15, 0.2) is 5.82 Å². The first-order chi connectivity index (χ1) is 15.9. The molecular weight excluding hydrogens is 436 g/mol. The third-order valence-corrected chi connectivity index (χ3v) is 7.80. The smallest absolute Gasteiger partial charge is 0.265 e. The first kappa shape index (κ1) is 21.2. The monoisotopic (exact) mass is 460 g/mol. The molecule has 3 heterocycles. The first-order valence-corrected chi connectivity index (χ1v) is 12.3. The minimum absolute atomic E-state index is 0.0126. The SMILES string of the molecule is CCc1ccc(-n2nc3c(c2O)CCN(S(=O)(=O)c2ccc(C)cc2)c2ncccc2-3)cc1. The number of hydrogen-bond donors (Lipinski definition) is 1. The van der Waals surface area contributed by atoms with Gasteiger partial charge in [-0.3, -0.25) is 0 Å². The summed E-state index contributed by atoms with van der Waals surface area (Å²) in [4.78, 5) is 4.62. The Balaban J connectivity index is 1.63. The maximum absolute atomic E-state index is 13.5. The summed E-state index contributed by atoms with van der Waals surface area (Å²) in [6.45, 7) is 4.14. The fraction of sp³-hybridized carbons (Fsp3) is 0.200. The second kappa shape index (κ2) is 8.04. The second-order valence-corrected chi connectivity index (χ2v) is 9.96. The van der Waals surface area contributed by atoms with Crippen molar-refractivity contribution in [3.8, 4) is 22.8 Å². The molecule has 168 valence electrons. The van der Waals surface area contributed by atoms with Crippen molar-refractivity contribution in [1.29, 1.82) is 0 Å². The van der Waals surface area contributed by atoms with Crippen molar-refractivity contribution in [3.05, 3.63) is 83.6 Å². The van der Waals surface area contributed by atoms with Gasteiger partial charge in [0, 0.05) is 23.9 Å². The molecule has 1 aliphatic heterocycles. The van der Waals surface area contributed by atoms with Crippen LogP contribution >= 0.6 is 0 Å². The highest BCUT2D eigenvalue weighted by Gasteiger charge is 2.34. The Labute approximate surface area is 193 Å². The first-order valence-electron chi connectivity index (χ1n) is 10.8. The van der Waals surface area contributed by atoms with Crippen LogP contribution in [-0.2, 0) is 22.9 Å². The van der Waals surface area contributed by atoms with Gasteiger partial charge in [-0.05, 0) is 61.7 Å². The summed E-state index contributed by atoms with van der Waals surface area (Å²) in [5.41, 5.74) is 4.63. The number of aromatic hydroxyl groups is 1. The molecule has 33 heavy (non-hydrogen) atoms. The topological polar surface area (TPSA) is 88.3 Å². The van der Waals surface area contributed by atoms with Crippen LogP contribution in [0.15, 0.2) is 71.8 Å². The van der Waals surface area contributed by atoms with E-state index in [0.29, 0.717) is 29.1 Å². The Bertz CT molecular complexity index is 1430. The number of anilines is 1. The van der Waals surface area contributed by atoms with Gasteiger partial charge in [0.25, 0.3) is 10.0 Å². The molecule has 2 aromatic heterocycles. The summed E-state index contributed by atoms with van der Waals surface area (Å²) in [7, 11) is -3.84. The normalized spacial score (nSPS) is 13.3. The van der Waals surface area contributed by atoms with Crippen molar-refractivity contribution in [2.75, 3.05) is 10.8 Å². The summed E-state index contributed by atoms with van der Waals surface area (Å²) < 4.78 is 29.9. The Morgan fingerprint density at radius 3 is 2.45 bits per heavy atom. The predicted octanol–water partition coefficient (Wildman–Crippen LogP) is 4.26. The number of aryl methyl sites for hydroxylation is 2. The van der Waals surface area contributed by atoms with Crippen molar-refractivity contribution < 1.29 is 13.5 Å². The molecule has 0 amide bonds. The van der Waals surface area contributed by atoms with Gasteiger partial charge in [0.05, 0.1) is 10.6 Å². The quantitative estimate of drug-likeness (QED) is 0.492. The van der Waals surface area contributed by atoms with E-state index >= 15 is 0 Å². The average molecular weight is 461 g/mol. The van der Waals surface area contributed by atoms with Gasteiger partial charge in [-0.15, -0.1) is 0 Å². The molecular formula is C25H24N4O3S. The van der Waals surface area contributed by atoms with Crippen LogP contribution in [0.25, 0.3) is 16.9 Å². The molecule has 0 bridgehead atoms. The average Bonchev–Trinajstić information content (AvgIpc) is 3.05. The molecule has 7 nitrogen and oxygen atoms in total. The van der Waals surface area contributed by atoms with E-state index in [0.717, 1.165) is 17.7 Å². The van der Waals surface area contributed by atoms with E-state index in [1.165, 1.54) is 14.6 Å². The van der Waals surface area contributed by atoms with E-state index in [1.54, 1.807) is 42.6 Å². The molecule has 8 heteroatoms. The minimum atomic E-state index is -3.84. The molecule has 0 atom stereocenters. The van der Waals surface area contributed by atoms with Crippen molar-refractivity contribution >= 4 is 15.8 Å². The number of benzene rings is 2. The van der Waals surface area contributed by atoms with Crippen LogP contribution in [0.1, 0.15) is 23.6 Å². The third-order valence-electron chi connectivity index (χ3n) is 6.00. The van der Waals surface area contributed by atoms with E-state index in [-0.39, 0.29) is 17.3 Å². The molecule has 0 saturated carbocycles. The third kappa shape index (κ3) is 3.56. The largest absolute Gasteiger partial charge is 0.493 e. The maximum atomic E-state index is 13.5. The predicted molar refractivity (Wildman–Crippen MR) is 127 cm³/mol. The van der Waals surface area contributed by atoms with Crippen LogP contribution < -0.4 is 4.31 Å². The number of pyridine rings is 1. The molecule has 0 saturated heterocycles. The molecule has 0 spiro atoms. The fourth-order valence-corrected chi connectivity index (χ4v) is 5.55. The van der Waals surface area contributed by atoms with Crippen LogP contribution in [0.3, 0.4) is 0 Å². The van der Waals surface area contributed by atoms with Gasteiger partial charge in [-0.25, -0.2) is 22.4 Å². The van der Waals surface area contributed by atoms with Gasteiger partial charge >= 0.3 is 0 Å². The maximum Gasteiger partial charge on any atom is 0.265 e. The van der Waals surface area contributed by atoms with Gasteiger partial charge < -0.3 is 5.11 Å². The number of aromatic nitrogens is 3. The zero-order valence-corrected chi connectivity index (χ0v) is 19.2. The van der Waals surface area contributed by atoms with E-state index in [4.69, 9.17) is 0 Å². The fourth-order valence-electron chi connectivity index (χ4n) is 4.11. The molecule has 5 rings (SSSR count). The molecule has 0 unspecified atom stereocenters. The van der Waals surface area contributed by atoms with Gasteiger partial charge in [-0.2, -0.15) is 5.10 Å². The molecule has 1 aliphatic rings. The molecule has 0 radical (unpaired) electrons. The van der Waals surface area contributed by atoms with Crippen LogP contribution in [0.2, 0.25) is 0 Å². The Kier molecular flexibility index (Phi) is 5.17. The number of nitrogens with zero attached hydrogens (tertiary/aromatic N) is 4. The van der Waals surface area contributed by atoms with Crippen LogP contribution in [0.4, 0.5) is 5.82 Å². The van der Waals surface area contributed by atoms with Gasteiger partial charge in [0.2, 0.25) is 5.88 Å². The lowest BCUT2D eigenvalue weighted by Crippen LogP contribution is -2.33. The Morgan fingerprint density at radius 1 is 1.03 bits per heavy atom. The second-order valence-electron chi connectivity index (χ2n) is 8.10. The minimum Gasteiger partial charge on any atom is -0.493 e. The lowest BCUT2D eigenvalue weighted by molar-refractivity contribution is 0.428. The zero-order valence-electron chi connectivity index (χ0n) is 18.4. The van der Waals surface area contributed by atoms with E-state index in [2.05, 4.69) is 17.0 Å². The van der Waals surface area contributed by atoms with Gasteiger partial charge in [-0.1, -0.05) is 36.8 Å². The summed E-state index contributed by atoms with van der Waals surface area (Å²) in [5.74, 6) is 0.321. The molecule has 2 aromatic carbocycles. The molecule has 1 N–H and O–H groups in total. The number of sulfonamides is 1. The zero-order chi connectivity index (χ0) is 23.2. The van der Waals surface area contributed by atoms with Crippen LogP contribution in [0.5, 0.6) is 5.88 Å². The summed E-state index contributed by atoms with van der Waals surface area (Å²) in [6, 6.07) is 18.2. The van der Waals surface area contributed by atoms with Crippen molar-refractivity contribution in [2.45, 2.75) is 31.6 Å². The van der Waals surface area contributed by atoms with E-state index in [9.17, 15) is 13.5 Å². The van der Waals surface area contributed by atoms with Crippen molar-refractivity contribution in [2.24, 2.45) is 0 Å². The summed E-state index contributed by atoms with van der Waals surface area (Å²) >= 11 is 0. The Morgan fingerprint density at radius 2 is 1.76 bits per heavy atom. The van der Waals surface area contributed by atoms with E-state index in [1.807, 2.05) is 31.2 Å². The molecule has 0 fully saturated rings. The van der Waals surface area contributed by atoms with Crippen LogP contribution in [-0.4, -0.2) is 34.8 Å². The van der Waals surface area contributed by atoms with E-state index < -0.39 is 10.0 Å². The standard InChI is InChI=1S/C25H24N4O3S/c1-3-18-8-10-19(11-9-18)29-25(30)22-14-16-28(24-21(23(22)27-29)5-4-15-26-24)33(31,32)20-12-6-17(2)7-13-20/h4-13,15,30H,3,14,16H2,1-2H3. The molecule has 4 aromatic rings. The van der Waals surface area contributed by atoms with Crippen molar-refractivity contribution in [1.82, 2.24) is 14.8 Å². The number of rotatable bonds is 4. The summed E-state index contributed by atoms with van der Waals surface area (Å²) in [6.07, 6.45) is 2.80. The van der Waals surface area contributed by atoms with Gasteiger partial charge in [0.1, 0.15) is 5.69 Å².